The van der Waals surface area contributed by atoms with E-state index < -0.39 is 0 Å². The van der Waals surface area contributed by atoms with Gasteiger partial charge in [-0.1, -0.05) is 12.1 Å². The van der Waals surface area contributed by atoms with Crippen molar-refractivity contribution >= 4 is 34.8 Å². The van der Waals surface area contributed by atoms with E-state index in [0.717, 1.165) is 5.69 Å². The fraction of sp³-hybridized carbons (Fsp3) is 0.222. The number of hydrogen-bond donors (Lipinski definition) is 2. The Labute approximate surface area is 88.1 Å². The average Bonchev–Trinajstić information content (AvgIpc) is 2.18. The van der Waals surface area contributed by atoms with Crippen LogP contribution in [0.2, 0.25) is 0 Å². The van der Waals surface area contributed by atoms with Crippen LogP contribution in [-0.4, -0.2) is 18.4 Å². The van der Waals surface area contributed by atoms with Gasteiger partial charge in [-0.25, -0.2) is 0 Å². The first kappa shape index (κ1) is 10.3. The molecule has 0 saturated carbocycles. The Morgan fingerprint density at radius 1 is 1.38 bits per heavy atom. The van der Waals surface area contributed by atoms with Gasteiger partial charge in [-0.15, -0.1) is 11.8 Å². The number of anilines is 1. The zero-order valence-corrected chi connectivity index (χ0v) is 9.26. The van der Waals surface area contributed by atoms with E-state index in [-0.39, 0.29) is 0 Å². The summed E-state index contributed by atoms with van der Waals surface area (Å²) in [5.74, 6) is 0. The first-order valence-electron chi connectivity index (χ1n) is 3.89. The molecule has 0 aliphatic rings. The van der Waals surface area contributed by atoms with Crippen molar-refractivity contribution in [3.63, 3.8) is 0 Å². The second-order valence-corrected chi connectivity index (χ2v) is 3.66. The van der Waals surface area contributed by atoms with Gasteiger partial charge >= 0.3 is 0 Å². The van der Waals surface area contributed by atoms with Gasteiger partial charge in [0.25, 0.3) is 0 Å². The van der Waals surface area contributed by atoms with E-state index in [1.165, 1.54) is 4.90 Å². The van der Waals surface area contributed by atoms with Crippen molar-refractivity contribution in [1.82, 2.24) is 5.32 Å². The quantitative estimate of drug-likeness (QED) is 0.580. The van der Waals surface area contributed by atoms with Gasteiger partial charge in [-0.3, -0.25) is 0 Å². The highest BCUT2D eigenvalue weighted by atomic mass is 32.2. The molecule has 0 aliphatic heterocycles. The third kappa shape index (κ3) is 2.90. The van der Waals surface area contributed by atoms with Gasteiger partial charge in [0.1, 0.15) is 0 Å². The highest BCUT2D eigenvalue weighted by Gasteiger charge is 2.00. The van der Waals surface area contributed by atoms with E-state index in [1.54, 1.807) is 18.8 Å². The molecule has 0 bridgehead atoms. The van der Waals surface area contributed by atoms with Crippen molar-refractivity contribution in [2.45, 2.75) is 4.90 Å². The lowest BCUT2D eigenvalue weighted by Gasteiger charge is -2.10. The lowest BCUT2D eigenvalue weighted by atomic mass is 10.3. The Kier molecular flexibility index (Phi) is 4.05. The smallest absolute Gasteiger partial charge is 0.170 e. The van der Waals surface area contributed by atoms with Crippen molar-refractivity contribution in [2.75, 3.05) is 18.6 Å². The number of hydrogen-bond acceptors (Lipinski definition) is 2. The summed E-state index contributed by atoms with van der Waals surface area (Å²) in [6, 6.07) is 8.07. The molecule has 0 heterocycles. The van der Waals surface area contributed by atoms with E-state index in [1.807, 2.05) is 24.5 Å². The topological polar surface area (TPSA) is 24.1 Å². The van der Waals surface area contributed by atoms with Crippen molar-refractivity contribution in [3.05, 3.63) is 24.3 Å². The van der Waals surface area contributed by atoms with Gasteiger partial charge in [0.05, 0.1) is 5.69 Å². The van der Waals surface area contributed by atoms with Crippen LogP contribution in [0.1, 0.15) is 0 Å². The second kappa shape index (κ2) is 5.09. The monoisotopic (exact) mass is 212 g/mol. The lowest BCUT2D eigenvalue weighted by Crippen LogP contribution is -2.24. The highest BCUT2D eigenvalue weighted by Crippen LogP contribution is 2.24. The molecular formula is C9H12N2S2. The predicted octanol–water partition coefficient (Wildman–Crippen LogP) is 2.32. The molecule has 0 aromatic heterocycles. The van der Waals surface area contributed by atoms with Crippen molar-refractivity contribution < 1.29 is 0 Å². The van der Waals surface area contributed by atoms with Gasteiger partial charge < -0.3 is 10.6 Å². The summed E-state index contributed by atoms with van der Waals surface area (Å²) in [6.45, 7) is 0. The minimum atomic E-state index is 0.640. The Hall–Kier alpha value is -0.740. The molecule has 0 fully saturated rings. The zero-order valence-electron chi connectivity index (χ0n) is 7.63. The van der Waals surface area contributed by atoms with Crippen molar-refractivity contribution in [3.8, 4) is 0 Å². The molecule has 2 nitrogen and oxygen atoms in total. The maximum atomic E-state index is 5.01. The van der Waals surface area contributed by atoms with Gasteiger partial charge in [0.2, 0.25) is 0 Å². The lowest BCUT2D eigenvalue weighted by molar-refractivity contribution is 1.19. The van der Waals surface area contributed by atoms with Crippen LogP contribution in [0.4, 0.5) is 5.69 Å². The second-order valence-electron chi connectivity index (χ2n) is 2.40. The summed E-state index contributed by atoms with van der Waals surface area (Å²) in [5.41, 5.74) is 1.05. The minimum Gasteiger partial charge on any atom is -0.366 e. The van der Waals surface area contributed by atoms with Gasteiger partial charge in [-0.05, 0) is 30.6 Å². The number of para-hydroxylation sites is 1. The number of thiocarbonyl (C=S) groups is 1. The molecule has 0 spiro atoms. The molecule has 1 aromatic carbocycles. The van der Waals surface area contributed by atoms with Gasteiger partial charge in [-0.2, -0.15) is 0 Å². The molecule has 0 aliphatic carbocycles. The predicted molar refractivity (Wildman–Crippen MR) is 63.5 cm³/mol. The first-order valence-corrected chi connectivity index (χ1v) is 5.53. The summed E-state index contributed by atoms with van der Waals surface area (Å²) < 4.78 is 0. The Morgan fingerprint density at radius 2 is 2.08 bits per heavy atom. The average molecular weight is 212 g/mol. The van der Waals surface area contributed by atoms with Gasteiger partial charge in [0.15, 0.2) is 5.11 Å². The van der Waals surface area contributed by atoms with Crippen LogP contribution >= 0.6 is 24.0 Å². The maximum Gasteiger partial charge on any atom is 0.170 e. The molecule has 70 valence electrons. The van der Waals surface area contributed by atoms with Crippen LogP contribution < -0.4 is 10.6 Å². The van der Waals surface area contributed by atoms with Crippen molar-refractivity contribution in [2.24, 2.45) is 0 Å². The van der Waals surface area contributed by atoms with E-state index in [0.29, 0.717) is 5.11 Å². The maximum absolute atomic E-state index is 5.01. The number of nitrogens with one attached hydrogen (secondary N) is 2. The van der Waals surface area contributed by atoms with Crippen LogP contribution in [0.3, 0.4) is 0 Å². The molecule has 1 aromatic rings. The molecule has 1 rings (SSSR count). The van der Waals surface area contributed by atoms with E-state index >= 15 is 0 Å². The van der Waals surface area contributed by atoms with Gasteiger partial charge in [0, 0.05) is 11.9 Å². The van der Waals surface area contributed by atoms with Crippen LogP contribution in [0, 0.1) is 0 Å². The summed E-state index contributed by atoms with van der Waals surface area (Å²) >= 11 is 6.71. The van der Waals surface area contributed by atoms with E-state index in [9.17, 15) is 0 Å². The van der Waals surface area contributed by atoms with Crippen LogP contribution in [0.5, 0.6) is 0 Å². The van der Waals surface area contributed by atoms with Crippen LogP contribution in [-0.2, 0) is 0 Å². The molecule has 0 amide bonds. The Morgan fingerprint density at radius 3 is 2.69 bits per heavy atom. The highest BCUT2D eigenvalue weighted by molar-refractivity contribution is 7.98. The molecule has 0 saturated heterocycles. The molecular weight excluding hydrogens is 200 g/mol. The summed E-state index contributed by atoms with van der Waals surface area (Å²) in [5, 5.41) is 6.63. The first-order chi connectivity index (χ1) is 6.27. The molecule has 2 N–H and O–H groups in total. The summed E-state index contributed by atoms with van der Waals surface area (Å²) in [4.78, 5) is 1.19. The Bertz CT molecular complexity index is 299. The minimum absolute atomic E-state index is 0.640. The van der Waals surface area contributed by atoms with Crippen LogP contribution in [0.15, 0.2) is 29.2 Å². The molecule has 0 radical (unpaired) electrons. The summed E-state index contributed by atoms with van der Waals surface area (Å²) in [7, 11) is 1.80. The van der Waals surface area contributed by atoms with Crippen molar-refractivity contribution in [1.29, 1.82) is 0 Å². The van der Waals surface area contributed by atoms with E-state index in [2.05, 4.69) is 16.7 Å². The molecule has 13 heavy (non-hydrogen) atoms. The zero-order chi connectivity index (χ0) is 9.68. The van der Waals surface area contributed by atoms with E-state index in [4.69, 9.17) is 12.2 Å². The fourth-order valence-electron chi connectivity index (χ4n) is 0.933. The standard InChI is InChI=1S/C9H12N2S2/c1-10-9(12)11-7-5-3-4-6-8(7)13-2/h3-6H,1-2H3,(H2,10,11,12). The fourth-order valence-corrected chi connectivity index (χ4v) is 1.60. The number of thioether (sulfide) groups is 1. The molecule has 0 unspecified atom stereocenters. The van der Waals surface area contributed by atoms with Crippen LogP contribution in [0.25, 0.3) is 0 Å². The third-order valence-electron chi connectivity index (χ3n) is 1.58. The summed E-state index contributed by atoms with van der Waals surface area (Å²) in [6.07, 6.45) is 2.04. The number of rotatable bonds is 2. The SMILES string of the molecule is CNC(=S)Nc1ccccc1SC. The number of benzene rings is 1. The Balaban J connectivity index is 2.81. The molecule has 4 heteroatoms. The third-order valence-corrected chi connectivity index (χ3v) is 2.68. The normalized spacial score (nSPS) is 9.38. The molecule has 0 atom stereocenters. The largest absolute Gasteiger partial charge is 0.366 e.